The zero-order valence-electron chi connectivity index (χ0n) is 13.0. The SMILES string of the molecule is CCNC(=NCCn1cccn1)N(C)Cc1ccccc1Cl. The fraction of sp³-hybridized carbons (Fsp3) is 0.375. The maximum atomic E-state index is 6.22. The standard InChI is InChI=1S/C16H22ClN5/c1-3-18-16(19-10-12-22-11-6-9-20-22)21(2)13-14-7-4-5-8-15(14)17/h4-9,11H,3,10,12-13H2,1-2H3,(H,18,19). The molecule has 22 heavy (non-hydrogen) atoms. The zero-order chi connectivity index (χ0) is 15.8. The number of hydrogen-bond donors (Lipinski definition) is 1. The summed E-state index contributed by atoms with van der Waals surface area (Å²) < 4.78 is 1.88. The molecule has 0 atom stereocenters. The van der Waals surface area contributed by atoms with E-state index in [0.717, 1.165) is 29.6 Å². The van der Waals surface area contributed by atoms with Crippen LogP contribution in [0.5, 0.6) is 0 Å². The van der Waals surface area contributed by atoms with Crippen molar-refractivity contribution < 1.29 is 0 Å². The molecule has 6 heteroatoms. The highest BCUT2D eigenvalue weighted by molar-refractivity contribution is 6.31. The lowest BCUT2D eigenvalue weighted by Gasteiger charge is -2.22. The summed E-state index contributed by atoms with van der Waals surface area (Å²) in [7, 11) is 2.01. The van der Waals surface area contributed by atoms with Crippen LogP contribution in [-0.2, 0) is 13.1 Å². The first-order valence-electron chi connectivity index (χ1n) is 7.41. The molecule has 2 aromatic rings. The fourth-order valence-corrected chi connectivity index (χ4v) is 2.31. The number of benzene rings is 1. The second kappa shape index (κ2) is 8.44. The number of hydrogen-bond acceptors (Lipinski definition) is 2. The van der Waals surface area contributed by atoms with Crippen LogP contribution in [-0.4, -0.2) is 40.8 Å². The summed E-state index contributed by atoms with van der Waals surface area (Å²) in [5.41, 5.74) is 1.09. The second-order valence-corrected chi connectivity index (χ2v) is 5.36. The number of rotatable bonds is 6. The molecule has 0 aliphatic carbocycles. The van der Waals surface area contributed by atoms with Crippen molar-refractivity contribution >= 4 is 17.6 Å². The molecule has 0 aliphatic rings. The van der Waals surface area contributed by atoms with Crippen molar-refractivity contribution in [1.82, 2.24) is 20.0 Å². The van der Waals surface area contributed by atoms with Crippen molar-refractivity contribution in [2.75, 3.05) is 20.1 Å². The Labute approximate surface area is 136 Å². The predicted molar refractivity (Wildman–Crippen MR) is 91.1 cm³/mol. The monoisotopic (exact) mass is 319 g/mol. The Kier molecular flexibility index (Phi) is 6.27. The van der Waals surface area contributed by atoms with E-state index < -0.39 is 0 Å². The molecular weight excluding hydrogens is 298 g/mol. The van der Waals surface area contributed by atoms with Gasteiger partial charge in [-0.3, -0.25) is 9.67 Å². The van der Waals surface area contributed by atoms with Crippen LogP contribution in [0, 0.1) is 0 Å². The molecule has 0 bridgehead atoms. The van der Waals surface area contributed by atoms with E-state index in [9.17, 15) is 0 Å². The van der Waals surface area contributed by atoms with Crippen LogP contribution in [0.3, 0.4) is 0 Å². The van der Waals surface area contributed by atoms with Gasteiger partial charge in [0.2, 0.25) is 0 Å². The minimum absolute atomic E-state index is 0.677. The molecule has 0 radical (unpaired) electrons. The summed E-state index contributed by atoms with van der Waals surface area (Å²) in [4.78, 5) is 6.72. The van der Waals surface area contributed by atoms with Gasteiger partial charge in [-0.05, 0) is 24.6 Å². The van der Waals surface area contributed by atoms with Gasteiger partial charge in [-0.15, -0.1) is 0 Å². The van der Waals surface area contributed by atoms with Crippen molar-refractivity contribution in [1.29, 1.82) is 0 Å². The average Bonchev–Trinajstić information content (AvgIpc) is 3.02. The van der Waals surface area contributed by atoms with Crippen LogP contribution in [0.1, 0.15) is 12.5 Å². The van der Waals surface area contributed by atoms with Gasteiger partial charge in [-0.25, -0.2) is 0 Å². The highest BCUT2D eigenvalue weighted by Gasteiger charge is 2.08. The van der Waals surface area contributed by atoms with Gasteiger partial charge in [0.05, 0.1) is 13.1 Å². The highest BCUT2D eigenvalue weighted by atomic mass is 35.5. The molecule has 2 rings (SSSR count). The zero-order valence-corrected chi connectivity index (χ0v) is 13.8. The molecule has 0 spiro atoms. The Hall–Kier alpha value is -2.01. The van der Waals surface area contributed by atoms with Crippen LogP contribution in [0.15, 0.2) is 47.7 Å². The minimum Gasteiger partial charge on any atom is -0.357 e. The summed E-state index contributed by atoms with van der Waals surface area (Å²) >= 11 is 6.22. The van der Waals surface area contributed by atoms with Gasteiger partial charge in [-0.2, -0.15) is 5.10 Å². The summed E-state index contributed by atoms with van der Waals surface area (Å²) in [5, 5.41) is 8.26. The predicted octanol–water partition coefficient (Wildman–Crippen LogP) is 2.63. The molecule has 0 fully saturated rings. The Morgan fingerprint density at radius 2 is 2.18 bits per heavy atom. The van der Waals surface area contributed by atoms with Crippen molar-refractivity contribution in [2.45, 2.75) is 20.0 Å². The summed E-state index contributed by atoms with van der Waals surface area (Å²) in [6.07, 6.45) is 3.72. The quantitative estimate of drug-likeness (QED) is 0.657. The molecule has 0 saturated heterocycles. The van der Waals surface area contributed by atoms with Crippen molar-refractivity contribution in [3.63, 3.8) is 0 Å². The Morgan fingerprint density at radius 1 is 1.36 bits per heavy atom. The lowest BCUT2D eigenvalue weighted by atomic mass is 10.2. The van der Waals surface area contributed by atoms with Crippen molar-refractivity contribution in [2.24, 2.45) is 4.99 Å². The lowest BCUT2D eigenvalue weighted by molar-refractivity contribution is 0.475. The van der Waals surface area contributed by atoms with E-state index in [2.05, 4.69) is 27.2 Å². The number of aromatic nitrogens is 2. The molecular formula is C16H22ClN5. The van der Waals surface area contributed by atoms with Gasteiger partial charge in [0, 0.05) is 37.6 Å². The van der Waals surface area contributed by atoms with E-state index in [1.54, 1.807) is 6.20 Å². The lowest BCUT2D eigenvalue weighted by Crippen LogP contribution is -2.38. The van der Waals surface area contributed by atoms with Gasteiger partial charge >= 0.3 is 0 Å². The van der Waals surface area contributed by atoms with E-state index >= 15 is 0 Å². The molecule has 1 N–H and O–H groups in total. The highest BCUT2D eigenvalue weighted by Crippen LogP contribution is 2.16. The van der Waals surface area contributed by atoms with Gasteiger partial charge < -0.3 is 10.2 Å². The molecule has 118 valence electrons. The fourth-order valence-electron chi connectivity index (χ4n) is 2.12. The largest absolute Gasteiger partial charge is 0.357 e. The third kappa shape index (κ3) is 4.77. The normalized spacial score (nSPS) is 11.5. The Bertz CT molecular complexity index is 594. The number of halogens is 1. The van der Waals surface area contributed by atoms with E-state index in [1.165, 1.54) is 0 Å². The topological polar surface area (TPSA) is 45.5 Å². The summed E-state index contributed by atoms with van der Waals surface area (Å²) in [5.74, 6) is 0.870. The van der Waals surface area contributed by atoms with Crippen LogP contribution in [0.25, 0.3) is 0 Å². The Balaban J connectivity index is 1.98. The third-order valence-corrected chi connectivity index (χ3v) is 3.58. The number of aliphatic imine (C=N–C) groups is 1. The van der Waals surface area contributed by atoms with Crippen LogP contribution in [0.2, 0.25) is 5.02 Å². The molecule has 0 saturated carbocycles. The Morgan fingerprint density at radius 3 is 2.86 bits per heavy atom. The number of nitrogens with one attached hydrogen (secondary N) is 1. The van der Waals surface area contributed by atoms with Gasteiger partial charge in [0.15, 0.2) is 5.96 Å². The van der Waals surface area contributed by atoms with E-state index in [0.29, 0.717) is 13.1 Å². The first kappa shape index (κ1) is 16.4. The van der Waals surface area contributed by atoms with Crippen LogP contribution >= 0.6 is 11.6 Å². The van der Waals surface area contributed by atoms with E-state index in [1.807, 2.05) is 48.3 Å². The molecule has 0 amide bonds. The summed E-state index contributed by atoms with van der Waals surface area (Å²) in [6, 6.07) is 9.79. The van der Waals surface area contributed by atoms with Crippen LogP contribution < -0.4 is 5.32 Å². The average molecular weight is 320 g/mol. The molecule has 5 nitrogen and oxygen atoms in total. The smallest absolute Gasteiger partial charge is 0.194 e. The van der Waals surface area contributed by atoms with Crippen LogP contribution in [0.4, 0.5) is 0 Å². The molecule has 1 aromatic carbocycles. The third-order valence-electron chi connectivity index (χ3n) is 3.21. The number of guanidine groups is 1. The number of nitrogens with zero attached hydrogens (tertiary/aromatic N) is 4. The maximum absolute atomic E-state index is 6.22. The maximum Gasteiger partial charge on any atom is 0.194 e. The van der Waals surface area contributed by atoms with Gasteiger partial charge in [0.25, 0.3) is 0 Å². The van der Waals surface area contributed by atoms with Crippen molar-refractivity contribution in [3.8, 4) is 0 Å². The first-order chi connectivity index (χ1) is 10.7. The van der Waals surface area contributed by atoms with Gasteiger partial charge in [0.1, 0.15) is 0 Å². The molecule has 0 aliphatic heterocycles. The minimum atomic E-state index is 0.677. The molecule has 1 aromatic heterocycles. The summed E-state index contributed by atoms with van der Waals surface area (Å²) in [6.45, 7) is 5.05. The van der Waals surface area contributed by atoms with Gasteiger partial charge in [-0.1, -0.05) is 29.8 Å². The second-order valence-electron chi connectivity index (χ2n) is 4.95. The van der Waals surface area contributed by atoms with E-state index in [-0.39, 0.29) is 0 Å². The first-order valence-corrected chi connectivity index (χ1v) is 7.78. The van der Waals surface area contributed by atoms with Crippen molar-refractivity contribution in [3.05, 3.63) is 53.3 Å². The van der Waals surface area contributed by atoms with E-state index in [4.69, 9.17) is 11.6 Å². The molecule has 1 heterocycles. The molecule has 0 unspecified atom stereocenters.